The molecule has 72 heavy (non-hydrogen) atoms. The van der Waals surface area contributed by atoms with Crippen molar-refractivity contribution in [3.8, 4) is 0 Å². The number of likely N-dealkylation sites (N-methyl/N-ethyl adjacent to an activating group) is 1. The number of carbonyl (C=O) groups is 1. The number of nitrogens with zero attached hydrogens (tertiary/aromatic N) is 1. The number of allylic oxidation sites excluding steroid dienone is 17. The minimum atomic E-state index is -4.62. The number of unbranched alkanes of at least 4 members (excludes halogenated alkanes) is 23. The highest BCUT2D eigenvalue weighted by Gasteiger charge is 2.23. The maximum absolute atomic E-state index is 13.0. The lowest BCUT2D eigenvalue weighted by molar-refractivity contribution is -0.870. The maximum Gasteiger partial charge on any atom is 0.268 e. The lowest BCUT2D eigenvalue weighted by Crippen LogP contribution is -2.45. The number of amides is 1. The maximum atomic E-state index is 13.0. The minimum absolute atomic E-state index is 0.0144. The van der Waals surface area contributed by atoms with Crippen molar-refractivity contribution in [3.05, 3.63) is 109 Å². The molecule has 3 atom stereocenters. The van der Waals surface area contributed by atoms with Crippen LogP contribution in [0, 0.1) is 0 Å². The number of hydrogen-bond donors (Lipinski definition) is 2. The van der Waals surface area contributed by atoms with E-state index in [9.17, 15) is 19.4 Å². The lowest BCUT2D eigenvalue weighted by Gasteiger charge is -2.29. The van der Waals surface area contributed by atoms with E-state index in [1.807, 2.05) is 27.2 Å². The third-order valence-electron chi connectivity index (χ3n) is 12.5. The number of rotatable bonds is 52. The van der Waals surface area contributed by atoms with Crippen molar-refractivity contribution >= 4 is 13.7 Å². The van der Waals surface area contributed by atoms with E-state index in [-0.39, 0.29) is 12.5 Å². The van der Waals surface area contributed by atoms with Gasteiger partial charge in [-0.3, -0.25) is 9.36 Å². The Labute approximate surface area is 444 Å². The molecular formula is C63H111N2O6P. The zero-order valence-electron chi connectivity index (χ0n) is 47.1. The van der Waals surface area contributed by atoms with Gasteiger partial charge < -0.3 is 28.8 Å². The van der Waals surface area contributed by atoms with E-state index in [0.29, 0.717) is 17.4 Å². The second kappa shape index (κ2) is 53.0. The minimum Gasteiger partial charge on any atom is -0.756 e. The van der Waals surface area contributed by atoms with Crippen molar-refractivity contribution in [1.82, 2.24) is 5.32 Å². The number of aliphatic hydroxyl groups excluding tert-OH is 1. The number of phosphoric ester groups is 1. The van der Waals surface area contributed by atoms with Crippen LogP contribution in [0.5, 0.6) is 0 Å². The summed E-state index contributed by atoms with van der Waals surface area (Å²) in [5.41, 5.74) is 0. The van der Waals surface area contributed by atoms with Gasteiger partial charge in [0.1, 0.15) is 13.2 Å². The lowest BCUT2D eigenvalue weighted by atomic mass is 10.0. The second-order valence-corrected chi connectivity index (χ2v) is 22.0. The molecule has 3 unspecified atom stereocenters. The van der Waals surface area contributed by atoms with Crippen LogP contribution in [0.25, 0.3) is 0 Å². The smallest absolute Gasteiger partial charge is 0.268 e. The van der Waals surface area contributed by atoms with Gasteiger partial charge in [-0.15, -0.1) is 0 Å². The zero-order valence-corrected chi connectivity index (χ0v) is 48.0. The molecule has 0 aliphatic carbocycles. The molecule has 0 aromatic carbocycles. The summed E-state index contributed by atoms with van der Waals surface area (Å²) < 4.78 is 23.3. The molecule has 0 aliphatic rings. The van der Waals surface area contributed by atoms with Crippen LogP contribution in [0.1, 0.15) is 232 Å². The molecule has 0 saturated carbocycles. The van der Waals surface area contributed by atoms with Crippen molar-refractivity contribution in [2.75, 3.05) is 40.9 Å². The molecule has 0 spiro atoms. The summed E-state index contributed by atoms with van der Waals surface area (Å²) in [6, 6.07) is -0.918. The van der Waals surface area contributed by atoms with Crippen molar-refractivity contribution in [2.24, 2.45) is 0 Å². The Morgan fingerprint density at radius 3 is 1.29 bits per heavy atom. The molecule has 0 rings (SSSR count). The van der Waals surface area contributed by atoms with Crippen LogP contribution in [-0.4, -0.2) is 68.5 Å². The molecule has 2 N–H and O–H groups in total. The summed E-state index contributed by atoms with van der Waals surface area (Å²) in [7, 11) is 1.22. The molecular weight excluding hydrogens is 912 g/mol. The summed E-state index contributed by atoms with van der Waals surface area (Å²) in [6.45, 7) is 4.51. The van der Waals surface area contributed by atoms with Gasteiger partial charge in [0.05, 0.1) is 39.9 Å². The van der Waals surface area contributed by atoms with E-state index in [1.54, 1.807) is 6.08 Å². The Balaban J connectivity index is 4.31. The van der Waals surface area contributed by atoms with Crippen molar-refractivity contribution < 1.29 is 32.9 Å². The van der Waals surface area contributed by atoms with Gasteiger partial charge >= 0.3 is 0 Å². The van der Waals surface area contributed by atoms with E-state index in [2.05, 4.69) is 116 Å². The van der Waals surface area contributed by atoms with Gasteiger partial charge in [-0.25, -0.2) is 0 Å². The number of phosphoric acid groups is 1. The zero-order chi connectivity index (χ0) is 52.7. The highest BCUT2D eigenvalue weighted by Crippen LogP contribution is 2.38. The summed E-state index contributed by atoms with van der Waals surface area (Å²) in [4.78, 5) is 25.5. The Kier molecular flexibility index (Phi) is 50.9. The monoisotopic (exact) mass is 1020 g/mol. The molecule has 0 heterocycles. The molecule has 0 radical (unpaired) electrons. The quantitative estimate of drug-likeness (QED) is 0.0272. The molecule has 0 aromatic heterocycles. The van der Waals surface area contributed by atoms with Crippen LogP contribution in [0.2, 0.25) is 0 Å². The molecule has 414 valence electrons. The van der Waals surface area contributed by atoms with Crippen LogP contribution in [-0.2, 0) is 18.4 Å². The van der Waals surface area contributed by atoms with Crippen LogP contribution in [0.15, 0.2) is 109 Å². The Hall–Kier alpha value is -2.84. The molecule has 0 bridgehead atoms. The summed E-state index contributed by atoms with van der Waals surface area (Å²) in [5, 5.41) is 13.9. The summed E-state index contributed by atoms with van der Waals surface area (Å²) in [6.07, 6.45) is 77.3. The third kappa shape index (κ3) is 54.9. The average Bonchev–Trinajstić information content (AvgIpc) is 3.34. The fourth-order valence-corrected chi connectivity index (χ4v) is 8.64. The molecule has 0 aliphatic heterocycles. The Morgan fingerprint density at radius 1 is 0.500 bits per heavy atom. The average molecular weight is 1020 g/mol. The molecule has 9 heteroatoms. The summed E-state index contributed by atoms with van der Waals surface area (Å²) >= 11 is 0. The second-order valence-electron chi connectivity index (χ2n) is 20.6. The van der Waals surface area contributed by atoms with E-state index in [4.69, 9.17) is 9.05 Å². The molecule has 8 nitrogen and oxygen atoms in total. The topological polar surface area (TPSA) is 108 Å². The largest absolute Gasteiger partial charge is 0.756 e. The van der Waals surface area contributed by atoms with Gasteiger partial charge in [0.25, 0.3) is 7.82 Å². The van der Waals surface area contributed by atoms with Crippen molar-refractivity contribution in [1.29, 1.82) is 0 Å². The normalized spacial score (nSPS) is 14.7. The fraction of sp³-hybridized carbons (Fsp3) is 0.698. The van der Waals surface area contributed by atoms with Crippen molar-refractivity contribution in [3.63, 3.8) is 0 Å². The van der Waals surface area contributed by atoms with E-state index < -0.39 is 26.6 Å². The van der Waals surface area contributed by atoms with Gasteiger partial charge in [0.2, 0.25) is 5.91 Å². The first kappa shape index (κ1) is 69.2. The SMILES string of the molecule is CC/C=C\C/C=C\C/C=C\C/C=C\C/C=C\C/C=C\C/C=C\CCCCCCCCCC(=O)NC(COP(=O)([O-])OCC[N+](C)(C)C)C(O)/C=C/CC/C=C/CCCCCCCCCCCCCCCCC. The molecule has 0 saturated heterocycles. The van der Waals surface area contributed by atoms with Gasteiger partial charge in [0.15, 0.2) is 0 Å². The standard InChI is InChI=1S/C63H111N2O6P/c1-6-8-10-12-14-16-18-20-22-24-26-28-29-30-31-32-33-34-35-37-39-41-43-45-47-49-51-53-55-57-63(67)64-61(60-71-72(68,69)70-59-58-65(3,4)5)62(66)56-54-52-50-48-46-44-42-40-38-36-27-25-23-21-19-17-15-13-11-9-7-2/h8,10,14,16,20,22,26,28,30-31,33-34,37,39,46,48,54,56,61-62,66H,6-7,9,11-13,15,17-19,21,23-25,27,29,32,35-36,38,40-45,47,49-53,55,57-60H2,1-5H3,(H-,64,67,68,69)/b10-8-,16-14-,22-20-,28-26-,31-30-,34-33-,39-37-,48-46+,56-54+. The van der Waals surface area contributed by atoms with Crippen LogP contribution < -0.4 is 10.2 Å². The van der Waals surface area contributed by atoms with Crippen LogP contribution >= 0.6 is 7.82 Å². The van der Waals surface area contributed by atoms with Crippen LogP contribution in [0.4, 0.5) is 0 Å². The van der Waals surface area contributed by atoms with Gasteiger partial charge in [0, 0.05) is 6.42 Å². The highest BCUT2D eigenvalue weighted by atomic mass is 31.2. The van der Waals surface area contributed by atoms with E-state index in [1.165, 1.54) is 116 Å². The number of hydrogen-bond acceptors (Lipinski definition) is 6. The first-order valence-corrected chi connectivity index (χ1v) is 30.7. The van der Waals surface area contributed by atoms with Crippen molar-refractivity contribution in [2.45, 2.75) is 244 Å². The third-order valence-corrected chi connectivity index (χ3v) is 13.4. The first-order valence-electron chi connectivity index (χ1n) is 29.2. The fourth-order valence-electron chi connectivity index (χ4n) is 7.91. The van der Waals surface area contributed by atoms with Gasteiger partial charge in [-0.05, 0) is 89.9 Å². The number of nitrogens with one attached hydrogen (secondary N) is 1. The van der Waals surface area contributed by atoms with E-state index >= 15 is 0 Å². The van der Waals surface area contributed by atoms with Crippen LogP contribution in [0.3, 0.4) is 0 Å². The van der Waals surface area contributed by atoms with E-state index in [0.717, 1.165) is 96.3 Å². The van der Waals surface area contributed by atoms with Gasteiger partial charge in [-0.2, -0.15) is 0 Å². The predicted octanol–water partition coefficient (Wildman–Crippen LogP) is 17.3. The number of quaternary nitrogens is 1. The van der Waals surface area contributed by atoms with Gasteiger partial charge in [-0.1, -0.05) is 245 Å². The summed E-state index contributed by atoms with van der Waals surface area (Å²) in [5.74, 6) is -0.222. The molecule has 0 fully saturated rings. The molecule has 0 aromatic rings. The molecule has 1 amide bonds. The Morgan fingerprint density at radius 2 is 0.861 bits per heavy atom. The predicted molar refractivity (Wildman–Crippen MR) is 311 cm³/mol. The first-order chi connectivity index (χ1) is 35.0. The Bertz CT molecular complexity index is 1540. The number of aliphatic hydroxyl groups is 1. The highest BCUT2D eigenvalue weighted by molar-refractivity contribution is 7.45. The number of carbonyl (C=O) groups excluding carboxylic acids is 1.